The van der Waals surface area contributed by atoms with Crippen molar-refractivity contribution in [3.8, 4) is 11.5 Å². The highest BCUT2D eigenvalue weighted by Crippen LogP contribution is 2.43. The monoisotopic (exact) mass is 471 g/mol. The first-order chi connectivity index (χ1) is 17.1. The van der Waals surface area contributed by atoms with Crippen LogP contribution in [0.2, 0.25) is 0 Å². The van der Waals surface area contributed by atoms with Gasteiger partial charge in [0.1, 0.15) is 6.61 Å². The Labute approximate surface area is 205 Å². The maximum absolute atomic E-state index is 13.2. The molecule has 180 valence electrons. The lowest BCUT2D eigenvalue weighted by atomic mass is 9.85. The van der Waals surface area contributed by atoms with Gasteiger partial charge in [0.15, 0.2) is 17.1 Å². The van der Waals surface area contributed by atoms with Crippen LogP contribution in [0.3, 0.4) is 0 Å². The van der Waals surface area contributed by atoms with Gasteiger partial charge in [0.05, 0.1) is 19.2 Å². The first-order valence-electron chi connectivity index (χ1n) is 12.0. The van der Waals surface area contributed by atoms with E-state index in [1.807, 2.05) is 71.6 Å². The van der Waals surface area contributed by atoms with E-state index in [9.17, 15) is 9.59 Å². The highest BCUT2D eigenvalue weighted by Gasteiger charge is 2.48. The number of hydrogen-bond acceptors (Lipinski definition) is 5. The number of carbonyl (C=O) groups excluding carboxylic acids is 2. The molecular weight excluding hydrogens is 442 g/mol. The highest BCUT2D eigenvalue weighted by molar-refractivity contribution is 5.95. The molecule has 1 unspecified atom stereocenters. The fraction of sp³-hybridized carbons (Fsp3) is 0.310. The van der Waals surface area contributed by atoms with E-state index >= 15 is 0 Å². The molecule has 1 atom stereocenters. The number of hydrogen-bond donors (Lipinski definition) is 0. The third-order valence-corrected chi connectivity index (χ3v) is 6.83. The molecule has 1 amide bonds. The Kier molecular flexibility index (Phi) is 6.45. The minimum absolute atomic E-state index is 0.0621. The summed E-state index contributed by atoms with van der Waals surface area (Å²) in [6.07, 6.45) is 2.49. The number of benzene rings is 3. The maximum Gasteiger partial charge on any atom is 0.339 e. The van der Waals surface area contributed by atoms with Crippen LogP contribution in [0.15, 0.2) is 72.8 Å². The zero-order valence-electron chi connectivity index (χ0n) is 19.9. The first kappa shape index (κ1) is 23.0. The van der Waals surface area contributed by atoms with E-state index < -0.39 is 5.60 Å². The molecule has 3 aromatic carbocycles. The number of fused-ring (bicyclic) bond motifs is 2. The molecule has 1 fully saturated rings. The Balaban J connectivity index is 1.23. The maximum atomic E-state index is 13.2. The molecule has 0 aliphatic carbocycles. The minimum atomic E-state index is -0.722. The summed E-state index contributed by atoms with van der Waals surface area (Å²) in [5.41, 5.74) is 2.87. The number of rotatable bonds is 7. The Bertz CT molecular complexity index is 1220. The SMILES string of the molecule is COc1ccc(CCC(=O)N2CCCC3(C2)OC(=O)c2ccccc23)cc1OCc1ccccc1. The summed E-state index contributed by atoms with van der Waals surface area (Å²) in [6.45, 7) is 1.52. The van der Waals surface area contributed by atoms with Gasteiger partial charge in [0, 0.05) is 18.5 Å². The van der Waals surface area contributed by atoms with Gasteiger partial charge in [-0.2, -0.15) is 0 Å². The number of likely N-dealkylation sites (tertiary alicyclic amines) is 1. The molecule has 6 nitrogen and oxygen atoms in total. The first-order valence-corrected chi connectivity index (χ1v) is 12.0. The molecule has 1 spiro atoms. The van der Waals surface area contributed by atoms with Gasteiger partial charge in [-0.15, -0.1) is 0 Å². The molecule has 1 saturated heterocycles. The van der Waals surface area contributed by atoms with Gasteiger partial charge in [0.25, 0.3) is 0 Å². The van der Waals surface area contributed by atoms with Crippen molar-refractivity contribution in [2.75, 3.05) is 20.2 Å². The van der Waals surface area contributed by atoms with Crippen LogP contribution in [-0.2, 0) is 28.2 Å². The second kappa shape index (κ2) is 9.82. The topological polar surface area (TPSA) is 65.1 Å². The average Bonchev–Trinajstić information content (AvgIpc) is 3.17. The number of aryl methyl sites for hydroxylation is 1. The third-order valence-electron chi connectivity index (χ3n) is 6.83. The van der Waals surface area contributed by atoms with Crippen molar-refractivity contribution >= 4 is 11.9 Å². The van der Waals surface area contributed by atoms with E-state index in [0.29, 0.717) is 49.6 Å². The lowest BCUT2D eigenvalue weighted by molar-refractivity contribution is -0.138. The zero-order chi connectivity index (χ0) is 24.3. The molecule has 0 radical (unpaired) electrons. The van der Waals surface area contributed by atoms with Gasteiger partial charge >= 0.3 is 5.97 Å². The summed E-state index contributed by atoms with van der Waals surface area (Å²) >= 11 is 0. The molecule has 3 aromatic rings. The summed E-state index contributed by atoms with van der Waals surface area (Å²) < 4.78 is 17.3. The molecule has 5 rings (SSSR count). The Morgan fingerprint density at radius 3 is 2.63 bits per heavy atom. The molecule has 0 aromatic heterocycles. The zero-order valence-corrected chi connectivity index (χ0v) is 19.9. The normalized spacial score (nSPS) is 18.8. The quantitative estimate of drug-likeness (QED) is 0.459. The van der Waals surface area contributed by atoms with Crippen molar-refractivity contribution in [3.63, 3.8) is 0 Å². The van der Waals surface area contributed by atoms with Crippen molar-refractivity contribution < 1.29 is 23.8 Å². The van der Waals surface area contributed by atoms with Crippen molar-refractivity contribution in [2.45, 2.75) is 37.9 Å². The summed E-state index contributed by atoms with van der Waals surface area (Å²) in [5.74, 6) is 1.09. The van der Waals surface area contributed by atoms with E-state index in [1.165, 1.54) is 0 Å². The molecule has 2 heterocycles. The number of nitrogens with zero attached hydrogens (tertiary/aromatic N) is 1. The fourth-order valence-corrected chi connectivity index (χ4v) is 5.02. The van der Waals surface area contributed by atoms with Gasteiger partial charge in [0.2, 0.25) is 5.91 Å². The lowest BCUT2D eigenvalue weighted by Crippen LogP contribution is -2.48. The van der Waals surface area contributed by atoms with Gasteiger partial charge in [-0.1, -0.05) is 54.6 Å². The van der Waals surface area contributed by atoms with E-state index in [0.717, 1.165) is 29.5 Å². The van der Waals surface area contributed by atoms with Gasteiger partial charge in [-0.05, 0) is 48.6 Å². The fourth-order valence-electron chi connectivity index (χ4n) is 5.02. The summed E-state index contributed by atoms with van der Waals surface area (Å²) in [7, 11) is 1.62. The predicted octanol–water partition coefficient (Wildman–Crippen LogP) is 4.90. The second-order valence-corrected chi connectivity index (χ2v) is 9.11. The average molecular weight is 472 g/mol. The Morgan fingerprint density at radius 2 is 1.80 bits per heavy atom. The molecule has 6 heteroatoms. The van der Waals surface area contributed by atoms with Crippen LogP contribution in [0.1, 0.15) is 46.3 Å². The van der Waals surface area contributed by atoms with Crippen molar-refractivity contribution in [3.05, 3.63) is 95.1 Å². The van der Waals surface area contributed by atoms with Crippen molar-refractivity contribution in [1.29, 1.82) is 0 Å². The van der Waals surface area contributed by atoms with Crippen LogP contribution < -0.4 is 9.47 Å². The van der Waals surface area contributed by atoms with Gasteiger partial charge < -0.3 is 19.1 Å². The molecule has 0 N–H and O–H groups in total. The lowest BCUT2D eigenvalue weighted by Gasteiger charge is -2.39. The second-order valence-electron chi connectivity index (χ2n) is 9.11. The van der Waals surface area contributed by atoms with E-state index in [2.05, 4.69) is 0 Å². The Morgan fingerprint density at radius 1 is 1.00 bits per heavy atom. The number of amides is 1. The molecular formula is C29H29NO5. The van der Waals surface area contributed by atoms with Gasteiger partial charge in [-0.25, -0.2) is 4.79 Å². The standard InChI is InChI=1S/C29H29NO5/c1-33-25-14-12-21(18-26(25)34-19-22-8-3-2-4-9-22)13-15-27(31)30-17-7-16-29(20-30)24-11-6-5-10-23(24)28(32)35-29/h2-6,8-12,14,18H,7,13,15-17,19-20H2,1H3. The van der Waals surface area contributed by atoms with Crippen LogP contribution >= 0.6 is 0 Å². The number of piperidine rings is 1. The molecule has 2 aliphatic rings. The smallest absolute Gasteiger partial charge is 0.339 e. The highest BCUT2D eigenvalue weighted by atomic mass is 16.6. The van der Waals surface area contributed by atoms with Crippen LogP contribution in [0, 0.1) is 0 Å². The van der Waals surface area contributed by atoms with E-state index in [1.54, 1.807) is 13.2 Å². The minimum Gasteiger partial charge on any atom is -0.493 e. The van der Waals surface area contributed by atoms with Crippen molar-refractivity contribution in [2.24, 2.45) is 0 Å². The molecule has 35 heavy (non-hydrogen) atoms. The largest absolute Gasteiger partial charge is 0.493 e. The van der Waals surface area contributed by atoms with Crippen LogP contribution in [0.5, 0.6) is 11.5 Å². The Hall–Kier alpha value is -3.80. The van der Waals surface area contributed by atoms with Crippen LogP contribution in [-0.4, -0.2) is 37.0 Å². The number of carbonyl (C=O) groups is 2. The van der Waals surface area contributed by atoms with Gasteiger partial charge in [-0.3, -0.25) is 4.79 Å². The number of ether oxygens (including phenoxy) is 3. The number of methoxy groups -OCH3 is 1. The number of esters is 1. The molecule has 2 aliphatic heterocycles. The van der Waals surface area contributed by atoms with Crippen molar-refractivity contribution in [1.82, 2.24) is 4.90 Å². The summed E-state index contributed by atoms with van der Waals surface area (Å²) in [6, 6.07) is 23.3. The summed E-state index contributed by atoms with van der Waals surface area (Å²) in [4.78, 5) is 27.4. The van der Waals surface area contributed by atoms with E-state index in [4.69, 9.17) is 14.2 Å². The van der Waals surface area contributed by atoms with E-state index in [-0.39, 0.29) is 11.9 Å². The molecule has 0 bridgehead atoms. The predicted molar refractivity (Wildman–Crippen MR) is 131 cm³/mol. The van der Waals surface area contributed by atoms with Crippen LogP contribution in [0.25, 0.3) is 0 Å². The third kappa shape index (κ3) is 4.74. The van der Waals surface area contributed by atoms with Crippen LogP contribution in [0.4, 0.5) is 0 Å². The summed E-state index contributed by atoms with van der Waals surface area (Å²) in [5, 5.41) is 0. The molecule has 0 saturated carbocycles.